The molecule has 2 rings (SSSR count). The van der Waals surface area contributed by atoms with Crippen molar-refractivity contribution in [2.75, 3.05) is 6.54 Å². The summed E-state index contributed by atoms with van der Waals surface area (Å²) in [5, 5.41) is 3.23. The highest BCUT2D eigenvalue weighted by Crippen LogP contribution is 2.38. The Morgan fingerprint density at radius 3 is 3.08 bits per heavy atom. The van der Waals surface area contributed by atoms with Gasteiger partial charge in [0.1, 0.15) is 5.82 Å². The van der Waals surface area contributed by atoms with Crippen molar-refractivity contribution >= 4 is 0 Å². The van der Waals surface area contributed by atoms with E-state index in [-0.39, 0.29) is 0 Å². The Kier molecular flexibility index (Phi) is 2.54. The SMILES string of the molecule is CCNCc1nccc(C2CC2)n1. The minimum atomic E-state index is 0.725. The molecule has 1 saturated carbocycles. The molecule has 1 aliphatic carbocycles. The molecule has 13 heavy (non-hydrogen) atoms. The van der Waals surface area contributed by atoms with Gasteiger partial charge in [-0.3, -0.25) is 0 Å². The van der Waals surface area contributed by atoms with Crippen molar-refractivity contribution < 1.29 is 0 Å². The molecule has 0 atom stereocenters. The van der Waals surface area contributed by atoms with E-state index in [4.69, 9.17) is 0 Å². The fourth-order valence-corrected chi connectivity index (χ4v) is 1.34. The Labute approximate surface area is 78.6 Å². The van der Waals surface area contributed by atoms with Crippen LogP contribution < -0.4 is 5.32 Å². The molecule has 3 heteroatoms. The van der Waals surface area contributed by atoms with Gasteiger partial charge in [0.25, 0.3) is 0 Å². The van der Waals surface area contributed by atoms with E-state index in [1.807, 2.05) is 12.3 Å². The lowest BCUT2D eigenvalue weighted by molar-refractivity contribution is 0.684. The normalized spacial score (nSPS) is 16.1. The van der Waals surface area contributed by atoms with E-state index in [1.54, 1.807) is 0 Å². The van der Waals surface area contributed by atoms with Crippen molar-refractivity contribution in [2.24, 2.45) is 0 Å². The van der Waals surface area contributed by atoms with Gasteiger partial charge < -0.3 is 5.32 Å². The fraction of sp³-hybridized carbons (Fsp3) is 0.600. The van der Waals surface area contributed by atoms with E-state index in [2.05, 4.69) is 22.2 Å². The van der Waals surface area contributed by atoms with Gasteiger partial charge in [-0.1, -0.05) is 6.92 Å². The zero-order valence-electron chi connectivity index (χ0n) is 7.95. The summed E-state index contributed by atoms with van der Waals surface area (Å²) in [5.74, 6) is 1.65. The summed E-state index contributed by atoms with van der Waals surface area (Å²) in [6.07, 6.45) is 4.47. The third-order valence-corrected chi connectivity index (χ3v) is 2.26. The molecular weight excluding hydrogens is 162 g/mol. The molecule has 0 aliphatic heterocycles. The fourth-order valence-electron chi connectivity index (χ4n) is 1.34. The van der Waals surface area contributed by atoms with E-state index in [1.165, 1.54) is 18.5 Å². The van der Waals surface area contributed by atoms with Gasteiger partial charge in [0, 0.05) is 17.8 Å². The molecule has 1 aliphatic rings. The molecule has 1 fully saturated rings. The lowest BCUT2D eigenvalue weighted by atomic mass is 10.3. The molecule has 1 N–H and O–H groups in total. The summed E-state index contributed by atoms with van der Waals surface area (Å²) in [6, 6.07) is 2.03. The Bertz CT molecular complexity index is 281. The van der Waals surface area contributed by atoms with E-state index >= 15 is 0 Å². The summed E-state index contributed by atoms with van der Waals surface area (Å²) in [7, 11) is 0. The van der Waals surface area contributed by atoms with Crippen LogP contribution in [0.15, 0.2) is 12.3 Å². The van der Waals surface area contributed by atoms with Gasteiger partial charge in [-0.05, 0) is 25.5 Å². The maximum atomic E-state index is 4.50. The monoisotopic (exact) mass is 177 g/mol. The number of hydrogen-bond acceptors (Lipinski definition) is 3. The maximum Gasteiger partial charge on any atom is 0.142 e. The first-order valence-electron chi connectivity index (χ1n) is 4.92. The summed E-state index contributed by atoms with van der Waals surface area (Å²) in [6.45, 7) is 3.85. The minimum absolute atomic E-state index is 0.725. The van der Waals surface area contributed by atoms with Crippen molar-refractivity contribution in [3.8, 4) is 0 Å². The summed E-state index contributed by atoms with van der Waals surface area (Å²) in [4.78, 5) is 8.71. The second kappa shape index (κ2) is 3.83. The van der Waals surface area contributed by atoms with Crippen molar-refractivity contribution in [1.29, 1.82) is 0 Å². The molecule has 0 saturated heterocycles. The van der Waals surface area contributed by atoms with Gasteiger partial charge in [0.15, 0.2) is 0 Å². The van der Waals surface area contributed by atoms with Gasteiger partial charge >= 0.3 is 0 Å². The molecule has 1 aromatic heterocycles. The quantitative estimate of drug-likeness (QED) is 0.756. The van der Waals surface area contributed by atoms with Crippen LogP contribution in [0.25, 0.3) is 0 Å². The predicted octanol–water partition coefficient (Wildman–Crippen LogP) is 1.46. The van der Waals surface area contributed by atoms with Crippen molar-refractivity contribution in [1.82, 2.24) is 15.3 Å². The van der Waals surface area contributed by atoms with Crippen LogP contribution in [0, 0.1) is 0 Å². The molecule has 1 heterocycles. The van der Waals surface area contributed by atoms with Gasteiger partial charge in [-0.2, -0.15) is 0 Å². The molecule has 0 spiro atoms. The van der Waals surface area contributed by atoms with Crippen LogP contribution in [0.1, 0.15) is 37.2 Å². The highest BCUT2D eigenvalue weighted by molar-refractivity contribution is 5.13. The highest BCUT2D eigenvalue weighted by atomic mass is 15.0. The van der Waals surface area contributed by atoms with Crippen LogP contribution in [0.5, 0.6) is 0 Å². The Morgan fingerprint density at radius 1 is 1.54 bits per heavy atom. The molecule has 0 unspecified atom stereocenters. The Balaban J connectivity index is 2.03. The van der Waals surface area contributed by atoms with Gasteiger partial charge in [-0.25, -0.2) is 9.97 Å². The molecule has 3 nitrogen and oxygen atoms in total. The molecule has 0 amide bonds. The Hall–Kier alpha value is -0.960. The first kappa shape index (κ1) is 8.63. The van der Waals surface area contributed by atoms with E-state index in [0.717, 1.165) is 24.8 Å². The highest BCUT2D eigenvalue weighted by Gasteiger charge is 2.24. The second-order valence-corrected chi connectivity index (χ2v) is 3.45. The Morgan fingerprint density at radius 2 is 2.38 bits per heavy atom. The summed E-state index contributed by atoms with van der Waals surface area (Å²) in [5.41, 5.74) is 1.22. The second-order valence-electron chi connectivity index (χ2n) is 3.45. The predicted molar refractivity (Wildman–Crippen MR) is 51.4 cm³/mol. The largest absolute Gasteiger partial charge is 0.310 e. The average molecular weight is 177 g/mol. The molecule has 0 aromatic carbocycles. The van der Waals surface area contributed by atoms with Crippen LogP contribution >= 0.6 is 0 Å². The van der Waals surface area contributed by atoms with Gasteiger partial charge in [0.05, 0.1) is 6.54 Å². The standard InChI is InChI=1S/C10H15N3/c1-2-11-7-10-12-6-5-9(13-10)8-3-4-8/h5-6,8,11H,2-4,7H2,1H3. The average Bonchev–Trinajstić information content (AvgIpc) is 2.98. The number of nitrogens with one attached hydrogen (secondary N) is 1. The van der Waals surface area contributed by atoms with Crippen molar-refractivity contribution in [3.63, 3.8) is 0 Å². The van der Waals surface area contributed by atoms with Crippen molar-refractivity contribution in [2.45, 2.75) is 32.2 Å². The number of nitrogens with zero attached hydrogens (tertiary/aromatic N) is 2. The number of hydrogen-bond donors (Lipinski definition) is 1. The van der Waals surface area contributed by atoms with E-state index < -0.39 is 0 Å². The van der Waals surface area contributed by atoms with Crippen LogP contribution in [-0.2, 0) is 6.54 Å². The minimum Gasteiger partial charge on any atom is -0.310 e. The third-order valence-electron chi connectivity index (χ3n) is 2.26. The number of aromatic nitrogens is 2. The van der Waals surface area contributed by atoms with Crippen molar-refractivity contribution in [3.05, 3.63) is 23.8 Å². The lowest BCUT2D eigenvalue weighted by Gasteiger charge is -2.02. The maximum absolute atomic E-state index is 4.50. The van der Waals surface area contributed by atoms with Crippen LogP contribution in [-0.4, -0.2) is 16.5 Å². The lowest BCUT2D eigenvalue weighted by Crippen LogP contribution is -2.14. The topological polar surface area (TPSA) is 37.8 Å². The first-order valence-corrected chi connectivity index (χ1v) is 4.92. The summed E-state index contributed by atoms with van der Waals surface area (Å²) < 4.78 is 0. The number of rotatable bonds is 4. The van der Waals surface area contributed by atoms with Crippen LogP contribution in [0.4, 0.5) is 0 Å². The molecule has 70 valence electrons. The molecular formula is C10H15N3. The van der Waals surface area contributed by atoms with E-state index in [0.29, 0.717) is 0 Å². The van der Waals surface area contributed by atoms with Gasteiger partial charge in [-0.15, -0.1) is 0 Å². The zero-order chi connectivity index (χ0) is 9.10. The van der Waals surface area contributed by atoms with Gasteiger partial charge in [0.2, 0.25) is 0 Å². The smallest absolute Gasteiger partial charge is 0.142 e. The van der Waals surface area contributed by atoms with Crippen LogP contribution in [0.3, 0.4) is 0 Å². The summed E-state index contributed by atoms with van der Waals surface area (Å²) >= 11 is 0. The molecule has 0 radical (unpaired) electrons. The first-order chi connectivity index (χ1) is 6.40. The third kappa shape index (κ3) is 2.25. The van der Waals surface area contributed by atoms with Crippen LogP contribution in [0.2, 0.25) is 0 Å². The molecule has 0 bridgehead atoms. The van der Waals surface area contributed by atoms with E-state index in [9.17, 15) is 0 Å². The zero-order valence-corrected chi connectivity index (χ0v) is 7.95. The molecule has 1 aromatic rings.